The number of nitrogens with zero attached hydrogens (tertiary/aromatic N) is 4. The van der Waals surface area contributed by atoms with Gasteiger partial charge in [-0.1, -0.05) is 23.7 Å². The Labute approximate surface area is 281 Å². The molecule has 0 aliphatic heterocycles. The average molecular weight is 695 g/mol. The van der Waals surface area contributed by atoms with Gasteiger partial charge < -0.3 is 4.74 Å². The van der Waals surface area contributed by atoms with Crippen molar-refractivity contribution in [2.24, 2.45) is 0 Å². The second-order valence-electron chi connectivity index (χ2n) is 10.3. The van der Waals surface area contributed by atoms with Crippen molar-refractivity contribution in [3.63, 3.8) is 0 Å². The van der Waals surface area contributed by atoms with Crippen molar-refractivity contribution in [2.45, 2.75) is 39.8 Å². The number of sulfonamides is 2. The van der Waals surface area contributed by atoms with Crippen LogP contribution in [0.1, 0.15) is 62.0 Å². The normalized spacial score (nSPS) is 12.5. The Kier molecular flexibility index (Phi) is 13.0. The molecule has 246 valence electrons. The van der Waals surface area contributed by atoms with Gasteiger partial charge in [0.25, 0.3) is 0 Å². The number of pyridine rings is 2. The molecule has 0 aliphatic rings. The Hall–Kier alpha value is -4.37. The predicted molar refractivity (Wildman–Crippen MR) is 182 cm³/mol. The molecule has 2 N–H and O–H groups in total. The molecule has 0 aliphatic carbocycles. The molecule has 2 aromatic heterocycles. The van der Waals surface area contributed by atoms with Crippen molar-refractivity contribution < 1.29 is 21.6 Å². The summed E-state index contributed by atoms with van der Waals surface area (Å²) in [5.74, 6) is 0.535. The smallest absolute Gasteiger partial charge is 0.211 e. The minimum Gasteiger partial charge on any atom is -0.495 e. The summed E-state index contributed by atoms with van der Waals surface area (Å²) in [6, 6.07) is 17.4. The van der Waals surface area contributed by atoms with E-state index in [0.29, 0.717) is 21.9 Å². The van der Waals surface area contributed by atoms with Crippen LogP contribution in [0.15, 0.2) is 73.3 Å². The van der Waals surface area contributed by atoms with Gasteiger partial charge in [-0.3, -0.25) is 9.97 Å². The van der Waals surface area contributed by atoms with Crippen molar-refractivity contribution in [1.82, 2.24) is 19.4 Å². The molecule has 0 bridgehead atoms. The maximum atomic E-state index is 11.7. The van der Waals surface area contributed by atoms with Gasteiger partial charge in [-0.25, -0.2) is 26.3 Å². The van der Waals surface area contributed by atoms with E-state index in [0.717, 1.165) is 33.4 Å². The summed E-state index contributed by atoms with van der Waals surface area (Å²) in [5.41, 5.74) is 5.64. The standard InChI is InChI=1S/C17H19N3O3S.C16H16ClN3O2S/c1-4-24(21,22)20-12(2)15-7-16(11-19-10-15)13-5-6-14(9-18)17(8-13)23-3;1-3-23(21,22)20-11(2)14-6-15(10-19-9-14)12-4-5-13(8-18)16(17)7-12/h5-8,10-12,20H,4H2,1-3H3;4-7,9-11,20H,3H2,1-2H3. The van der Waals surface area contributed by atoms with Crippen molar-refractivity contribution in [3.05, 3.63) is 101 Å². The number of aromatic nitrogens is 2. The van der Waals surface area contributed by atoms with Crippen LogP contribution in [0.4, 0.5) is 0 Å². The molecule has 11 nitrogen and oxygen atoms in total. The van der Waals surface area contributed by atoms with Crippen LogP contribution in [0.25, 0.3) is 22.3 Å². The van der Waals surface area contributed by atoms with Crippen LogP contribution in [0.5, 0.6) is 5.75 Å². The van der Waals surface area contributed by atoms with Gasteiger partial charge in [0.15, 0.2) is 0 Å². The number of nitriles is 2. The molecule has 0 saturated carbocycles. The summed E-state index contributed by atoms with van der Waals surface area (Å²) >= 11 is 6.05. The number of benzene rings is 2. The Balaban J connectivity index is 0.000000256. The number of ether oxygens (including phenoxy) is 1. The molecule has 2 unspecified atom stereocenters. The van der Waals surface area contributed by atoms with Gasteiger partial charge >= 0.3 is 0 Å². The molecule has 47 heavy (non-hydrogen) atoms. The van der Waals surface area contributed by atoms with E-state index in [1.807, 2.05) is 24.3 Å². The first-order valence-electron chi connectivity index (χ1n) is 14.4. The molecule has 4 aromatic rings. The number of rotatable bonds is 11. The lowest BCUT2D eigenvalue weighted by molar-refractivity contribution is 0.413. The molecule has 0 fully saturated rings. The van der Waals surface area contributed by atoms with Crippen molar-refractivity contribution in [3.8, 4) is 40.1 Å². The maximum absolute atomic E-state index is 11.7. The zero-order chi connectivity index (χ0) is 34.8. The molecule has 4 rings (SSSR count). The zero-order valence-corrected chi connectivity index (χ0v) is 28.9. The van der Waals surface area contributed by atoms with Gasteiger partial charge in [0, 0.05) is 48.0 Å². The van der Waals surface area contributed by atoms with Crippen LogP contribution in [-0.4, -0.2) is 45.4 Å². The number of methoxy groups -OCH3 is 1. The van der Waals surface area contributed by atoms with E-state index in [-0.39, 0.29) is 23.6 Å². The minimum absolute atomic E-state index is 0.0235. The summed E-state index contributed by atoms with van der Waals surface area (Å²) in [6.45, 7) is 6.71. The lowest BCUT2D eigenvalue weighted by atomic mass is 10.0. The molecule has 2 atom stereocenters. The fourth-order valence-electron chi connectivity index (χ4n) is 4.29. The van der Waals surface area contributed by atoms with Gasteiger partial charge in [0.05, 0.1) is 34.8 Å². The summed E-state index contributed by atoms with van der Waals surface area (Å²) in [4.78, 5) is 8.36. The van der Waals surface area contributed by atoms with E-state index in [1.54, 1.807) is 82.8 Å². The van der Waals surface area contributed by atoms with Gasteiger partial charge in [-0.15, -0.1) is 0 Å². The molecule has 14 heteroatoms. The first-order valence-corrected chi connectivity index (χ1v) is 18.1. The summed E-state index contributed by atoms with van der Waals surface area (Å²) in [5, 5.41) is 18.3. The fourth-order valence-corrected chi connectivity index (χ4v) is 6.20. The Morgan fingerprint density at radius 2 is 1.17 bits per heavy atom. The summed E-state index contributed by atoms with van der Waals surface area (Å²) in [7, 11) is -5.08. The van der Waals surface area contributed by atoms with Gasteiger partial charge in [-0.2, -0.15) is 10.5 Å². The van der Waals surface area contributed by atoms with Gasteiger partial charge in [-0.05, 0) is 86.3 Å². The second kappa shape index (κ2) is 16.5. The monoisotopic (exact) mass is 694 g/mol. The van der Waals surface area contributed by atoms with Crippen molar-refractivity contribution >= 4 is 31.6 Å². The minimum atomic E-state index is -3.30. The van der Waals surface area contributed by atoms with Crippen LogP contribution in [0.2, 0.25) is 5.02 Å². The largest absolute Gasteiger partial charge is 0.495 e. The van der Waals surface area contributed by atoms with Crippen LogP contribution in [-0.2, 0) is 20.0 Å². The van der Waals surface area contributed by atoms with E-state index >= 15 is 0 Å². The number of halogens is 1. The molecule has 2 heterocycles. The topological polar surface area (TPSA) is 175 Å². The quantitative estimate of drug-likeness (QED) is 0.194. The molecule has 0 spiro atoms. The fraction of sp³-hybridized carbons (Fsp3) is 0.273. The van der Waals surface area contributed by atoms with Crippen LogP contribution in [0.3, 0.4) is 0 Å². The van der Waals surface area contributed by atoms with Gasteiger partial charge in [0.1, 0.15) is 17.9 Å². The molecule has 0 radical (unpaired) electrons. The Bertz CT molecular complexity index is 2030. The van der Waals surface area contributed by atoms with Crippen LogP contribution in [0, 0.1) is 22.7 Å². The Morgan fingerprint density at radius 1 is 0.723 bits per heavy atom. The van der Waals surface area contributed by atoms with Crippen LogP contribution >= 0.6 is 11.6 Å². The second-order valence-corrected chi connectivity index (χ2v) is 14.8. The zero-order valence-electron chi connectivity index (χ0n) is 26.5. The Morgan fingerprint density at radius 3 is 1.57 bits per heavy atom. The first-order chi connectivity index (χ1) is 22.3. The SMILES string of the molecule is CCS(=O)(=O)NC(C)c1cncc(-c2ccc(C#N)c(Cl)c2)c1.CCS(=O)(=O)NC(C)c1cncc(-c2ccc(C#N)c(OC)c2)c1. The molecule has 2 aromatic carbocycles. The lowest BCUT2D eigenvalue weighted by Gasteiger charge is -2.14. The lowest BCUT2D eigenvalue weighted by Crippen LogP contribution is -2.28. The molecule has 0 amide bonds. The highest BCUT2D eigenvalue weighted by Crippen LogP contribution is 2.29. The third kappa shape index (κ3) is 10.3. The predicted octanol–water partition coefficient (Wildman–Crippen LogP) is 5.90. The van der Waals surface area contributed by atoms with Gasteiger partial charge in [0.2, 0.25) is 20.0 Å². The third-order valence-electron chi connectivity index (χ3n) is 7.07. The highest BCUT2D eigenvalue weighted by atomic mass is 35.5. The highest BCUT2D eigenvalue weighted by Gasteiger charge is 2.16. The van der Waals surface area contributed by atoms with E-state index in [1.165, 1.54) is 7.11 Å². The van der Waals surface area contributed by atoms with E-state index < -0.39 is 20.0 Å². The third-order valence-corrected chi connectivity index (χ3v) is 10.3. The molecular weight excluding hydrogens is 660 g/mol. The van der Waals surface area contributed by atoms with Crippen LogP contribution < -0.4 is 14.2 Å². The number of hydrogen-bond acceptors (Lipinski definition) is 9. The van der Waals surface area contributed by atoms with E-state index in [4.69, 9.17) is 26.9 Å². The number of nitrogens with one attached hydrogen (secondary N) is 2. The van der Waals surface area contributed by atoms with Crippen molar-refractivity contribution in [2.75, 3.05) is 18.6 Å². The first kappa shape index (κ1) is 37.1. The van der Waals surface area contributed by atoms with Crippen molar-refractivity contribution in [1.29, 1.82) is 10.5 Å². The van der Waals surface area contributed by atoms with E-state index in [9.17, 15) is 16.8 Å². The maximum Gasteiger partial charge on any atom is 0.211 e. The molecule has 0 saturated heterocycles. The summed E-state index contributed by atoms with van der Waals surface area (Å²) in [6.07, 6.45) is 6.61. The summed E-state index contributed by atoms with van der Waals surface area (Å²) < 4.78 is 57.2. The van der Waals surface area contributed by atoms with E-state index in [2.05, 4.69) is 25.5 Å². The highest BCUT2D eigenvalue weighted by molar-refractivity contribution is 7.89. The number of hydrogen-bond donors (Lipinski definition) is 2. The average Bonchev–Trinajstić information content (AvgIpc) is 3.08. The molecular formula is C33H35ClN6O5S2.